The molecule has 26 heavy (non-hydrogen) atoms. The molecule has 1 aliphatic rings. The molecule has 2 aromatic rings. The van der Waals surface area contributed by atoms with Crippen molar-refractivity contribution in [2.45, 2.75) is 39.0 Å². The third-order valence-electron chi connectivity index (χ3n) is 4.83. The summed E-state index contributed by atoms with van der Waals surface area (Å²) in [4.78, 5) is 14.9. The molecular formula is C22H28N2O2. The van der Waals surface area contributed by atoms with Crippen LogP contribution >= 0.6 is 0 Å². The molecule has 0 saturated carbocycles. The van der Waals surface area contributed by atoms with E-state index in [9.17, 15) is 4.79 Å². The highest BCUT2D eigenvalue weighted by Crippen LogP contribution is 2.14. The molecule has 1 aliphatic heterocycles. The maximum absolute atomic E-state index is 12.3. The number of methoxy groups -OCH3 is 1. The SMILES string of the molecule is COCc1cccc(C(=O)NCc2ccc(CN3CCCCC3)cc2)c1. The predicted molar refractivity (Wildman–Crippen MR) is 104 cm³/mol. The van der Waals surface area contributed by atoms with Gasteiger partial charge in [0, 0.05) is 25.8 Å². The number of piperidine rings is 1. The van der Waals surface area contributed by atoms with Gasteiger partial charge in [-0.1, -0.05) is 42.8 Å². The van der Waals surface area contributed by atoms with Crippen LogP contribution in [0.3, 0.4) is 0 Å². The molecule has 1 amide bonds. The number of hydrogen-bond acceptors (Lipinski definition) is 3. The van der Waals surface area contributed by atoms with Crippen molar-refractivity contribution in [1.82, 2.24) is 10.2 Å². The topological polar surface area (TPSA) is 41.6 Å². The Morgan fingerprint density at radius 2 is 1.73 bits per heavy atom. The predicted octanol–water partition coefficient (Wildman–Crippen LogP) is 3.75. The molecule has 0 unspecified atom stereocenters. The van der Waals surface area contributed by atoms with Gasteiger partial charge in [0.2, 0.25) is 0 Å². The van der Waals surface area contributed by atoms with Crippen molar-refractivity contribution in [2.24, 2.45) is 0 Å². The van der Waals surface area contributed by atoms with Crippen LogP contribution in [0, 0.1) is 0 Å². The molecule has 0 bridgehead atoms. The van der Waals surface area contributed by atoms with Crippen LogP contribution in [0.5, 0.6) is 0 Å². The summed E-state index contributed by atoms with van der Waals surface area (Å²) in [5.41, 5.74) is 4.13. The van der Waals surface area contributed by atoms with Gasteiger partial charge in [-0.2, -0.15) is 0 Å². The number of carbonyl (C=O) groups excluding carboxylic acids is 1. The fraction of sp³-hybridized carbons (Fsp3) is 0.409. The van der Waals surface area contributed by atoms with Gasteiger partial charge < -0.3 is 10.1 Å². The first kappa shape index (κ1) is 18.6. The Labute approximate surface area is 156 Å². The number of hydrogen-bond donors (Lipinski definition) is 1. The molecule has 0 aromatic heterocycles. The lowest BCUT2D eigenvalue weighted by Gasteiger charge is -2.26. The number of nitrogens with zero attached hydrogens (tertiary/aromatic N) is 1. The Balaban J connectivity index is 1.51. The molecule has 0 spiro atoms. The maximum Gasteiger partial charge on any atom is 0.251 e. The first-order valence-electron chi connectivity index (χ1n) is 9.41. The third-order valence-corrected chi connectivity index (χ3v) is 4.83. The van der Waals surface area contributed by atoms with E-state index in [1.165, 1.54) is 37.9 Å². The highest BCUT2D eigenvalue weighted by molar-refractivity contribution is 5.94. The van der Waals surface area contributed by atoms with Crippen molar-refractivity contribution < 1.29 is 9.53 Å². The van der Waals surface area contributed by atoms with Crippen LogP contribution in [0.25, 0.3) is 0 Å². The van der Waals surface area contributed by atoms with E-state index in [2.05, 4.69) is 34.5 Å². The van der Waals surface area contributed by atoms with Gasteiger partial charge in [-0.15, -0.1) is 0 Å². The zero-order chi connectivity index (χ0) is 18.2. The quantitative estimate of drug-likeness (QED) is 0.825. The van der Waals surface area contributed by atoms with E-state index in [-0.39, 0.29) is 5.91 Å². The Morgan fingerprint density at radius 3 is 2.46 bits per heavy atom. The molecule has 3 rings (SSSR count). The fourth-order valence-corrected chi connectivity index (χ4v) is 3.39. The summed E-state index contributed by atoms with van der Waals surface area (Å²) in [5, 5.41) is 3.00. The van der Waals surface area contributed by atoms with Gasteiger partial charge in [0.15, 0.2) is 0 Å². The van der Waals surface area contributed by atoms with Crippen molar-refractivity contribution in [3.8, 4) is 0 Å². The summed E-state index contributed by atoms with van der Waals surface area (Å²) in [6.07, 6.45) is 3.99. The number of amides is 1. The van der Waals surface area contributed by atoms with E-state index in [1.54, 1.807) is 7.11 Å². The Bertz CT molecular complexity index is 706. The maximum atomic E-state index is 12.3. The van der Waals surface area contributed by atoms with E-state index in [0.29, 0.717) is 18.7 Å². The molecule has 1 N–H and O–H groups in total. The lowest BCUT2D eigenvalue weighted by Crippen LogP contribution is -2.29. The standard InChI is InChI=1S/C22H28N2O2/c1-26-17-20-6-5-7-21(14-20)22(25)23-15-18-8-10-19(11-9-18)16-24-12-3-2-4-13-24/h5-11,14H,2-4,12-13,15-17H2,1H3,(H,23,25). The van der Waals surface area contributed by atoms with Gasteiger partial charge >= 0.3 is 0 Å². The summed E-state index contributed by atoms with van der Waals surface area (Å²) < 4.78 is 5.12. The number of ether oxygens (including phenoxy) is 1. The van der Waals surface area contributed by atoms with Crippen LogP contribution in [0.4, 0.5) is 0 Å². The molecule has 0 atom stereocenters. The molecule has 4 nitrogen and oxygen atoms in total. The first-order valence-corrected chi connectivity index (χ1v) is 9.41. The average molecular weight is 352 g/mol. The van der Waals surface area contributed by atoms with Gasteiger partial charge in [-0.05, 0) is 54.8 Å². The molecule has 1 heterocycles. The number of benzene rings is 2. The van der Waals surface area contributed by atoms with E-state index >= 15 is 0 Å². The zero-order valence-corrected chi connectivity index (χ0v) is 15.5. The minimum Gasteiger partial charge on any atom is -0.380 e. The van der Waals surface area contributed by atoms with Crippen LogP contribution in [-0.4, -0.2) is 31.0 Å². The second-order valence-electron chi connectivity index (χ2n) is 6.97. The third kappa shape index (κ3) is 5.41. The highest BCUT2D eigenvalue weighted by atomic mass is 16.5. The minimum atomic E-state index is -0.0552. The van der Waals surface area contributed by atoms with Gasteiger partial charge in [0.25, 0.3) is 5.91 Å². The van der Waals surface area contributed by atoms with Crippen LogP contribution in [0.15, 0.2) is 48.5 Å². The van der Waals surface area contributed by atoms with Crippen LogP contribution < -0.4 is 5.32 Å². The monoisotopic (exact) mass is 352 g/mol. The second kappa shape index (κ2) is 9.51. The largest absolute Gasteiger partial charge is 0.380 e. The van der Waals surface area contributed by atoms with Crippen molar-refractivity contribution >= 4 is 5.91 Å². The summed E-state index contributed by atoms with van der Waals surface area (Å²) in [7, 11) is 1.65. The molecule has 2 aromatic carbocycles. The van der Waals surface area contributed by atoms with Crippen molar-refractivity contribution in [1.29, 1.82) is 0 Å². The van der Waals surface area contributed by atoms with Gasteiger partial charge in [0.05, 0.1) is 6.61 Å². The van der Waals surface area contributed by atoms with Crippen LogP contribution in [0.1, 0.15) is 46.3 Å². The molecule has 0 aliphatic carbocycles. The highest BCUT2D eigenvalue weighted by Gasteiger charge is 2.10. The summed E-state index contributed by atoms with van der Waals surface area (Å²) >= 11 is 0. The molecule has 138 valence electrons. The van der Waals surface area contributed by atoms with E-state index < -0.39 is 0 Å². The molecule has 1 fully saturated rings. The van der Waals surface area contributed by atoms with Crippen LogP contribution in [-0.2, 0) is 24.4 Å². The number of likely N-dealkylation sites (tertiary alicyclic amines) is 1. The van der Waals surface area contributed by atoms with Gasteiger partial charge in [0.1, 0.15) is 0 Å². The number of carbonyl (C=O) groups is 1. The van der Waals surface area contributed by atoms with Crippen LogP contribution in [0.2, 0.25) is 0 Å². The van der Waals surface area contributed by atoms with E-state index in [0.717, 1.165) is 17.7 Å². The smallest absolute Gasteiger partial charge is 0.251 e. The van der Waals surface area contributed by atoms with Crippen molar-refractivity contribution in [2.75, 3.05) is 20.2 Å². The van der Waals surface area contributed by atoms with Gasteiger partial charge in [-0.25, -0.2) is 0 Å². The van der Waals surface area contributed by atoms with Crippen molar-refractivity contribution in [3.63, 3.8) is 0 Å². The zero-order valence-electron chi connectivity index (χ0n) is 15.5. The van der Waals surface area contributed by atoms with Gasteiger partial charge in [-0.3, -0.25) is 9.69 Å². The fourth-order valence-electron chi connectivity index (χ4n) is 3.39. The normalized spacial score (nSPS) is 15.0. The Hall–Kier alpha value is -2.17. The minimum absolute atomic E-state index is 0.0552. The summed E-state index contributed by atoms with van der Waals surface area (Å²) in [6.45, 7) is 4.50. The molecule has 4 heteroatoms. The van der Waals surface area contributed by atoms with E-state index in [1.807, 2.05) is 24.3 Å². The van der Waals surface area contributed by atoms with Crippen molar-refractivity contribution in [3.05, 3.63) is 70.8 Å². The lowest BCUT2D eigenvalue weighted by molar-refractivity contribution is 0.0950. The second-order valence-corrected chi connectivity index (χ2v) is 6.97. The van der Waals surface area contributed by atoms with E-state index in [4.69, 9.17) is 4.74 Å². The molecule has 1 saturated heterocycles. The molecule has 0 radical (unpaired) electrons. The lowest BCUT2D eigenvalue weighted by atomic mass is 10.1. The Kier molecular flexibility index (Phi) is 6.81. The molecular weight excluding hydrogens is 324 g/mol. The summed E-state index contributed by atoms with van der Waals surface area (Å²) in [5.74, 6) is -0.0552. The average Bonchev–Trinajstić information content (AvgIpc) is 2.68. The first-order chi connectivity index (χ1) is 12.7. The number of nitrogens with one attached hydrogen (secondary N) is 1. The number of rotatable bonds is 7. The summed E-state index contributed by atoms with van der Waals surface area (Å²) in [6, 6.07) is 16.1. The Morgan fingerprint density at radius 1 is 1.00 bits per heavy atom.